The Morgan fingerprint density at radius 3 is 1.27 bits per heavy atom. The Hall–Kier alpha value is -0.640. The van der Waals surface area contributed by atoms with Crippen LogP contribution >= 0.6 is 0 Å². The first-order valence-corrected chi connectivity index (χ1v) is 20.6. The monoisotopic (exact) mass is 630 g/mol. The van der Waals surface area contributed by atoms with Crippen LogP contribution in [0.1, 0.15) is 213 Å². The van der Waals surface area contributed by atoms with Crippen LogP contribution in [0.4, 0.5) is 0 Å². The van der Waals surface area contributed by atoms with Crippen molar-refractivity contribution in [2.24, 2.45) is 5.73 Å². The van der Waals surface area contributed by atoms with Gasteiger partial charge in [-0.3, -0.25) is 9.80 Å². The molecular weight excluding hydrogens is 546 g/mol. The standard InChI is InChI=1S/C42H83N3/c1-5-8-10-12-14-16-18-20-22-24-26-28-30-32-34-36-38-41-44(4)40-42(43,7-3)45(41)39-37-35-33-31-29-27-25-23-21-19-17-15-13-11-9-6-2/h20-23,41H,5-19,24-40,43H2,1-4H3/b22-20-,23-21-. The Balaban J connectivity index is 2.08. The van der Waals surface area contributed by atoms with Gasteiger partial charge in [0.25, 0.3) is 0 Å². The van der Waals surface area contributed by atoms with Gasteiger partial charge in [-0.1, -0.05) is 167 Å². The summed E-state index contributed by atoms with van der Waals surface area (Å²) in [4.78, 5) is 5.25. The molecule has 0 spiro atoms. The second-order valence-electron chi connectivity index (χ2n) is 14.7. The molecule has 2 unspecified atom stereocenters. The zero-order valence-corrected chi connectivity index (χ0v) is 31.5. The number of hydrogen-bond donors (Lipinski definition) is 1. The molecular formula is C42H83N3. The molecule has 0 radical (unpaired) electrons. The normalized spacial score (nSPS) is 19.6. The second-order valence-corrected chi connectivity index (χ2v) is 14.7. The third kappa shape index (κ3) is 22.5. The van der Waals surface area contributed by atoms with E-state index in [0.29, 0.717) is 6.17 Å². The van der Waals surface area contributed by atoms with Crippen LogP contribution in [0.2, 0.25) is 0 Å². The predicted octanol–water partition coefficient (Wildman–Crippen LogP) is 13.1. The molecule has 1 heterocycles. The molecule has 3 heteroatoms. The number of nitrogens with zero attached hydrogens (tertiary/aromatic N) is 2. The molecule has 0 aromatic rings. The van der Waals surface area contributed by atoms with Crippen molar-refractivity contribution in [2.75, 3.05) is 20.1 Å². The van der Waals surface area contributed by atoms with E-state index in [-0.39, 0.29) is 5.66 Å². The van der Waals surface area contributed by atoms with Crippen LogP contribution < -0.4 is 5.73 Å². The first-order chi connectivity index (χ1) is 22.1. The fraction of sp³-hybridized carbons (Fsp3) is 0.905. The third-order valence-corrected chi connectivity index (χ3v) is 10.5. The molecule has 1 saturated heterocycles. The predicted molar refractivity (Wildman–Crippen MR) is 204 cm³/mol. The number of nitrogens with two attached hydrogens (primary N) is 1. The summed E-state index contributed by atoms with van der Waals surface area (Å²) in [6.45, 7) is 9.07. The molecule has 266 valence electrons. The van der Waals surface area contributed by atoms with Gasteiger partial charge in [0.05, 0.1) is 11.8 Å². The lowest BCUT2D eigenvalue weighted by Gasteiger charge is -2.37. The Kier molecular flexibility index (Phi) is 28.9. The van der Waals surface area contributed by atoms with E-state index in [1.165, 1.54) is 193 Å². The van der Waals surface area contributed by atoms with Gasteiger partial charge in [0.15, 0.2) is 0 Å². The van der Waals surface area contributed by atoms with Gasteiger partial charge in [-0.15, -0.1) is 0 Å². The summed E-state index contributed by atoms with van der Waals surface area (Å²) in [7, 11) is 2.31. The summed E-state index contributed by atoms with van der Waals surface area (Å²) in [6.07, 6.45) is 51.1. The molecule has 45 heavy (non-hydrogen) atoms. The number of hydrogen-bond acceptors (Lipinski definition) is 3. The van der Waals surface area contributed by atoms with Gasteiger partial charge in [0, 0.05) is 13.1 Å². The van der Waals surface area contributed by atoms with Crippen LogP contribution in [0, 0.1) is 0 Å². The van der Waals surface area contributed by atoms with Crippen LogP contribution in [0.5, 0.6) is 0 Å². The maximum atomic E-state index is 6.98. The Labute approximate surface area is 284 Å². The lowest BCUT2D eigenvalue weighted by Crippen LogP contribution is -2.55. The van der Waals surface area contributed by atoms with Gasteiger partial charge < -0.3 is 5.73 Å². The first kappa shape index (κ1) is 42.4. The molecule has 0 aromatic carbocycles. The van der Waals surface area contributed by atoms with Crippen molar-refractivity contribution in [3.63, 3.8) is 0 Å². The molecule has 2 atom stereocenters. The molecule has 3 nitrogen and oxygen atoms in total. The van der Waals surface area contributed by atoms with Crippen molar-refractivity contribution in [1.82, 2.24) is 9.80 Å². The van der Waals surface area contributed by atoms with Crippen LogP contribution in [0.25, 0.3) is 0 Å². The van der Waals surface area contributed by atoms with Gasteiger partial charge in [0.2, 0.25) is 0 Å². The summed E-state index contributed by atoms with van der Waals surface area (Å²) in [5.41, 5.74) is 6.85. The van der Waals surface area contributed by atoms with E-state index in [9.17, 15) is 0 Å². The van der Waals surface area contributed by atoms with Crippen molar-refractivity contribution >= 4 is 0 Å². The molecule has 0 aromatic heterocycles. The molecule has 0 aliphatic carbocycles. The first-order valence-electron chi connectivity index (χ1n) is 20.6. The van der Waals surface area contributed by atoms with Gasteiger partial charge in [-0.05, 0) is 77.7 Å². The maximum absolute atomic E-state index is 6.98. The average molecular weight is 630 g/mol. The molecule has 0 bridgehead atoms. The minimum absolute atomic E-state index is 0.135. The number of unbranched alkanes of at least 4 members (excludes halogenated alkanes) is 24. The maximum Gasteiger partial charge on any atom is 0.0828 e. The van der Waals surface area contributed by atoms with E-state index >= 15 is 0 Å². The van der Waals surface area contributed by atoms with E-state index < -0.39 is 0 Å². The van der Waals surface area contributed by atoms with Crippen LogP contribution in [0.3, 0.4) is 0 Å². The molecule has 0 amide bonds. The Morgan fingerprint density at radius 1 is 0.511 bits per heavy atom. The highest BCUT2D eigenvalue weighted by Crippen LogP contribution is 2.31. The van der Waals surface area contributed by atoms with Gasteiger partial charge in [0.1, 0.15) is 0 Å². The van der Waals surface area contributed by atoms with Crippen molar-refractivity contribution in [3.05, 3.63) is 24.3 Å². The number of likely N-dealkylation sites (N-methyl/N-ethyl adjacent to an activating group) is 1. The Bertz CT molecular complexity index is 673. The van der Waals surface area contributed by atoms with E-state index in [2.05, 4.69) is 61.9 Å². The van der Waals surface area contributed by atoms with Crippen molar-refractivity contribution in [2.45, 2.75) is 225 Å². The molecule has 1 rings (SSSR count). The van der Waals surface area contributed by atoms with Gasteiger partial charge in [-0.2, -0.15) is 0 Å². The summed E-state index contributed by atoms with van der Waals surface area (Å²) in [5.74, 6) is 0. The summed E-state index contributed by atoms with van der Waals surface area (Å²) >= 11 is 0. The highest BCUT2D eigenvalue weighted by atomic mass is 15.5. The van der Waals surface area contributed by atoms with E-state index in [1.807, 2.05) is 0 Å². The quantitative estimate of drug-likeness (QED) is 0.0579. The van der Waals surface area contributed by atoms with E-state index in [4.69, 9.17) is 5.73 Å². The van der Waals surface area contributed by atoms with Crippen molar-refractivity contribution < 1.29 is 0 Å². The molecule has 1 fully saturated rings. The Morgan fingerprint density at radius 2 is 0.867 bits per heavy atom. The molecule has 1 aliphatic rings. The lowest BCUT2D eigenvalue weighted by molar-refractivity contribution is 0.0754. The SMILES string of the molecule is CCCCCCCC/C=C\CCCCCCCCC1N(C)CC(N)(CC)N1CCCCCCCC/C=C\CCCCCCCC. The smallest absolute Gasteiger partial charge is 0.0828 e. The zero-order valence-electron chi connectivity index (χ0n) is 31.5. The highest BCUT2D eigenvalue weighted by Gasteiger charge is 2.44. The largest absolute Gasteiger partial charge is 0.312 e. The number of rotatable bonds is 33. The van der Waals surface area contributed by atoms with E-state index in [0.717, 1.165) is 13.0 Å². The fourth-order valence-corrected chi connectivity index (χ4v) is 7.33. The average Bonchev–Trinajstić information content (AvgIpc) is 3.28. The number of allylic oxidation sites excluding steroid dienone is 4. The van der Waals surface area contributed by atoms with Crippen molar-refractivity contribution in [3.8, 4) is 0 Å². The van der Waals surface area contributed by atoms with Crippen molar-refractivity contribution in [1.29, 1.82) is 0 Å². The van der Waals surface area contributed by atoms with Gasteiger partial charge in [-0.25, -0.2) is 0 Å². The highest BCUT2D eigenvalue weighted by molar-refractivity contribution is 4.97. The second kappa shape index (κ2) is 30.7. The molecule has 0 saturated carbocycles. The minimum Gasteiger partial charge on any atom is -0.312 e. The summed E-state index contributed by atoms with van der Waals surface area (Å²) in [5, 5.41) is 0. The van der Waals surface area contributed by atoms with Gasteiger partial charge >= 0.3 is 0 Å². The van der Waals surface area contributed by atoms with E-state index in [1.54, 1.807) is 0 Å². The summed E-state index contributed by atoms with van der Waals surface area (Å²) in [6, 6.07) is 0. The summed E-state index contributed by atoms with van der Waals surface area (Å²) < 4.78 is 0. The zero-order chi connectivity index (χ0) is 32.7. The third-order valence-electron chi connectivity index (χ3n) is 10.5. The minimum atomic E-state index is -0.135. The fourth-order valence-electron chi connectivity index (χ4n) is 7.33. The van der Waals surface area contributed by atoms with Crippen LogP contribution in [0.15, 0.2) is 24.3 Å². The molecule has 2 N–H and O–H groups in total. The molecule has 1 aliphatic heterocycles. The lowest BCUT2D eigenvalue weighted by atomic mass is 10.0. The topological polar surface area (TPSA) is 32.5 Å². The van der Waals surface area contributed by atoms with Crippen LogP contribution in [-0.2, 0) is 0 Å². The van der Waals surface area contributed by atoms with Crippen LogP contribution in [-0.4, -0.2) is 41.8 Å².